The molecule has 1 aromatic rings. The molecule has 1 aliphatic rings. The zero-order chi connectivity index (χ0) is 14.0. The largest absolute Gasteiger partial charge is 0.493 e. The molecule has 1 aromatic carbocycles. The van der Waals surface area contributed by atoms with E-state index in [0.717, 1.165) is 29.7 Å². The summed E-state index contributed by atoms with van der Waals surface area (Å²) in [6.45, 7) is 5.43. The van der Waals surface area contributed by atoms with Crippen LogP contribution in [-0.2, 0) is 10.2 Å². The molecule has 0 aromatic heterocycles. The van der Waals surface area contributed by atoms with Crippen molar-refractivity contribution in [3.05, 3.63) is 28.8 Å². The fraction of sp³-hybridized carbons (Fsp3) is 0.533. The number of aryl methyl sites for hydroxylation is 1. The summed E-state index contributed by atoms with van der Waals surface area (Å²) in [4.78, 5) is 11.7. The number of hydrogen-bond donors (Lipinski definition) is 1. The first kappa shape index (κ1) is 13.9. The van der Waals surface area contributed by atoms with Crippen LogP contribution < -0.4 is 10.5 Å². The molecular formula is C15H21NO3. The standard InChI is InChI=1S/C15H21NO3/c1-10-8-12-13(9-11(10)14(17)18-3)19-7-5-15(12,2)4-6-16/h8-9H,4-7,16H2,1-3H3. The number of ether oxygens (including phenoxy) is 2. The Morgan fingerprint density at radius 3 is 2.89 bits per heavy atom. The molecule has 1 aliphatic heterocycles. The molecular weight excluding hydrogens is 242 g/mol. The van der Waals surface area contributed by atoms with Crippen LogP contribution in [0, 0.1) is 6.92 Å². The number of carbonyl (C=O) groups excluding carboxylic acids is 1. The second-order valence-electron chi connectivity index (χ2n) is 5.35. The van der Waals surface area contributed by atoms with E-state index in [0.29, 0.717) is 18.7 Å². The summed E-state index contributed by atoms with van der Waals surface area (Å²) < 4.78 is 10.5. The van der Waals surface area contributed by atoms with Gasteiger partial charge in [-0.3, -0.25) is 0 Å². The predicted molar refractivity (Wildman–Crippen MR) is 73.7 cm³/mol. The first-order valence-electron chi connectivity index (χ1n) is 6.58. The lowest BCUT2D eigenvalue weighted by molar-refractivity contribution is 0.0599. The van der Waals surface area contributed by atoms with Crippen molar-refractivity contribution in [2.75, 3.05) is 20.3 Å². The van der Waals surface area contributed by atoms with Crippen LogP contribution in [0.5, 0.6) is 5.75 Å². The lowest BCUT2D eigenvalue weighted by Crippen LogP contribution is -2.32. The number of esters is 1. The van der Waals surface area contributed by atoms with Crippen LogP contribution in [0.3, 0.4) is 0 Å². The van der Waals surface area contributed by atoms with Gasteiger partial charge in [0, 0.05) is 11.0 Å². The highest BCUT2D eigenvalue weighted by Crippen LogP contribution is 2.42. The van der Waals surface area contributed by atoms with E-state index in [1.54, 1.807) is 6.07 Å². The van der Waals surface area contributed by atoms with Crippen molar-refractivity contribution in [2.24, 2.45) is 5.73 Å². The molecule has 0 amide bonds. The lowest BCUT2D eigenvalue weighted by Gasteiger charge is -2.36. The molecule has 1 unspecified atom stereocenters. The van der Waals surface area contributed by atoms with Crippen LogP contribution in [0.1, 0.15) is 41.3 Å². The Balaban J connectivity index is 2.50. The van der Waals surface area contributed by atoms with Crippen LogP contribution in [-0.4, -0.2) is 26.2 Å². The Morgan fingerprint density at radius 2 is 2.26 bits per heavy atom. The quantitative estimate of drug-likeness (QED) is 0.849. The van der Waals surface area contributed by atoms with E-state index in [1.807, 2.05) is 13.0 Å². The second-order valence-corrected chi connectivity index (χ2v) is 5.35. The third kappa shape index (κ3) is 2.45. The molecule has 1 atom stereocenters. The third-order valence-corrected chi connectivity index (χ3v) is 3.99. The number of fused-ring (bicyclic) bond motifs is 1. The number of methoxy groups -OCH3 is 1. The summed E-state index contributed by atoms with van der Waals surface area (Å²) in [6.07, 6.45) is 1.87. The molecule has 0 saturated carbocycles. The van der Waals surface area contributed by atoms with Gasteiger partial charge in [-0.1, -0.05) is 13.0 Å². The molecule has 0 radical (unpaired) electrons. The highest BCUT2D eigenvalue weighted by Gasteiger charge is 2.33. The summed E-state index contributed by atoms with van der Waals surface area (Å²) in [5.74, 6) is 0.461. The summed E-state index contributed by atoms with van der Waals surface area (Å²) >= 11 is 0. The van der Waals surface area contributed by atoms with Crippen molar-refractivity contribution in [3.8, 4) is 5.75 Å². The zero-order valence-corrected chi connectivity index (χ0v) is 11.8. The number of nitrogens with two attached hydrogens (primary N) is 1. The molecule has 0 saturated heterocycles. The molecule has 2 N–H and O–H groups in total. The van der Waals surface area contributed by atoms with Gasteiger partial charge in [0.2, 0.25) is 0 Å². The molecule has 0 fully saturated rings. The average Bonchev–Trinajstić information content (AvgIpc) is 2.39. The molecule has 104 valence electrons. The van der Waals surface area contributed by atoms with Crippen molar-refractivity contribution < 1.29 is 14.3 Å². The van der Waals surface area contributed by atoms with Gasteiger partial charge in [0.25, 0.3) is 0 Å². The zero-order valence-electron chi connectivity index (χ0n) is 11.8. The molecule has 0 spiro atoms. The van der Waals surface area contributed by atoms with Gasteiger partial charge < -0.3 is 15.2 Å². The maximum absolute atomic E-state index is 11.7. The minimum absolute atomic E-state index is 0.0295. The molecule has 4 nitrogen and oxygen atoms in total. The van der Waals surface area contributed by atoms with Crippen molar-refractivity contribution >= 4 is 5.97 Å². The highest BCUT2D eigenvalue weighted by molar-refractivity contribution is 5.91. The summed E-state index contributed by atoms with van der Waals surface area (Å²) in [7, 11) is 1.39. The lowest BCUT2D eigenvalue weighted by atomic mass is 9.74. The van der Waals surface area contributed by atoms with Crippen LogP contribution >= 0.6 is 0 Å². The van der Waals surface area contributed by atoms with E-state index in [1.165, 1.54) is 7.11 Å². The predicted octanol–water partition coefficient (Wildman–Crippen LogP) is 2.17. The van der Waals surface area contributed by atoms with Crippen molar-refractivity contribution in [1.29, 1.82) is 0 Å². The van der Waals surface area contributed by atoms with E-state index in [9.17, 15) is 4.79 Å². The molecule has 0 aliphatic carbocycles. The monoisotopic (exact) mass is 263 g/mol. The van der Waals surface area contributed by atoms with E-state index in [4.69, 9.17) is 15.2 Å². The Labute approximate surface area is 113 Å². The number of rotatable bonds is 3. The average molecular weight is 263 g/mol. The minimum atomic E-state index is -0.324. The Hall–Kier alpha value is -1.55. The van der Waals surface area contributed by atoms with E-state index < -0.39 is 0 Å². The summed E-state index contributed by atoms with van der Waals surface area (Å²) in [5, 5.41) is 0. The molecule has 19 heavy (non-hydrogen) atoms. The SMILES string of the molecule is COC(=O)c1cc2c(cc1C)C(C)(CCN)CCO2. The maximum atomic E-state index is 11.7. The third-order valence-electron chi connectivity index (χ3n) is 3.99. The van der Waals surface area contributed by atoms with Gasteiger partial charge in [-0.2, -0.15) is 0 Å². The Kier molecular flexibility index (Phi) is 3.80. The van der Waals surface area contributed by atoms with Gasteiger partial charge in [0.1, 0.15) is 5.75 Å². The van der Waals surface area contributed by atoms with Crippen molar-refractivity contribution in [3.63, 3.8) is 0 Å². The van der Waals surface area contributed by atoms with Gasteiger partial charge in [0.15, 0.2) is 0 Å². The first-order valence-corrected chi connectivity index (χ1v) is 6.58. The van der Waals surface area contributed by atoms with Gasteiger partial charge in [-0.05, 0) is 37.9 Å². The first-order chi connectivity index (χ1) is 9.01. The summed E-state index contributed by atoms with van der Waals surface area (Å²) in [6, 6.07) is 3.83. The summed E-state index contributed by atoms with van der Waals surface area (Å²) in [5.41, 5.74) is 8.39. The smallest absolute Gasteiger partial charge is 0.338 e. The van der Waals surface area contributed by atoms with Gasteiger partial charge >= 0.3 is 5.97 Å². The maximum Gasteiger partial charge on any atom is 0.338 e. The van der Waals surface area contributed by atoms with Crippen molar-refractivity contribution in [2.45, 2.75) is 32.1 Å². The topological polar surface area (TPSA) is 61.5 Å². The van der Waals surface area contributed by atoms with Crippen LogP contribution in [0.4, 0.5) is 0 Å². The Bertz CT molecular complexity index is 498. The van der Waals surface area contributed by atoms with Gasteiger partial charge in [-0.25, -0.2) is 4.79 Å². The molecule has 4 heteroatoms. The fourth-order valence-corrected chi connectivity index (χ4v) is 2.71. The van der Waals surface area contributed by atoms with Crippen LogP contribution in [0.25, 0.3) is 0 Å². The minimum Gasteiger partial charge on any atom is -0.493 e. The molecule has 2 rings (SSSR count). The number of carbonyl (C=O) groups is 1. The number of benzene rings is 1. The van der Waals surface area contributed by atoms with E-state index >= 15 is 0 Å². The second kappa shape index (κ2) is 5.21. The van der Waals surface area contributed by atoms with Crippen LogP contribution in [0.15, 0.2) is 12.1 Å². The van der Waals surface area contributed by atoms with Gasteiger partial charge in [0.05, 0.1) is 19.3 Å². The molecule has 1 heterocycles. The van der Waals surface area contributed by atoms with E-state index in [2.05, 4.69) is 6.92 Å². The van der Waals surface area contributed by atoms with Crippen LogP contribution in [0.2, 0.25) is 0 Å². The molecule has 0 bridgehead atoms. The number of hydrogen-bond acceptors (Lipinski definition) is 4. The van der Waals surface area contributed by atoms with E-state index in [-0.39, 0.29) is 11.4 Å². The fourth-order valence-electron chi connectivity index (χ4n) is 2.71. The Morgan fingerprint density at radius 1 is 1.53 bits per heavy atom. The van der Waals surface area contributed by atoms with Gasteiger partial charge in [-0.15, -0.1) is 0 Å². The van der Waals surface area contributed by atoms with Crippen molar-refractivity contribution in [1.82, 2.24) is 0 Å². The highest BCUT2D eigenvalue weighted by atomic mass is 16.5. The normalized spacial score (nSPS) is 21.5.